The quantitative estimate of drug-likeness (QED) is 0.532. The summed E-state index contributed by atoms with van der Waals surface area (Å²) in [6.07, 6.45) is 0.341. The molecule has 0 spiro atoms. The van der Waals surface area contributed by atoms with E-state index in [1.165, 1.54) is 7.11 Å². The van der Waals surface area contributed by atoms with Gasteiger partial charge in [-0.25, -0.2) is 0 Å². The topological polar surface area (TPSA) is 77.2 Å². The van der Waals surface area contributed by atoms with Gasteiger partial charge in [0.05, 0.1) is 20.1 Å². The van der Waals surface area contributed by atoms with Gasteiger partial charge in [-0.15, -0.1) is 0 Å². The molecule has 0 aliphatic carbocycles. The number of rotatable bonds is 5. The van der Waals surface area contributed by atoms with Crippen molar-refractivity contribution in [2.24, 2.45) is 0 Å². The summed E-state index contributed by atoms with van der Waals surface area (Å²) in [5.74, 6) is 0.893. The molecule has 0 fully saturated rings. The van der Waals surface area contributed by atoms with Crippen molar-refractivity contribution in [3.63, 3.8) is 0 Å². The SMILES string of the molecule is COC(=O)CCNCc1noc(C)n1. The fourth-order valence-electron chi connectivity index (χ4n) is 0.906. The first kappa shape index (κ1) is 10.6. The van der Waals surface area contributed by atoms with Gasteiger partial charge in [0, 0.05) is 13.5 Å². The predicted octanol–water partition coefficient (Wildman–Crippen LogP) is 0.0307. The zero-order valence-electron chi connectivity index (χ0n) is 8.24. The van der Waals surface area contributed by atoms with Crippen LogP contribution in [0.1, 0.15) is 18.1 Å². The van der Waals surface area contributed by atoms with Crippen LogP contribution in [-0.4, -0.2) is 29.8 Å². The molecule has 0 aromatic carbocycles. The molecule has 14 heavy (non-hydrogen) atoms. The van der Waals surface area contributed by atoms with E-state index in [0.717, 1.165) is 0 Å². The molecule has 1 aromatic heterocycles. The number of nitrogens with one attached hydrogen (secondary N) is 1. The van der Waals surface area contributed by atoms with Gasteiger partial charge in [-0.3, -0.25) is 4.79 Å². The minimum Gasteiger partial charge on any atom is -0.469 e. The highest BCUT2D eigenvalue weighted by Gasteiger charge is 2.02. The van der Waals surface area contributed by atoms with E-state index < -0.39 is 0 Å². The molecular formula is C8H13N3O3. The number of hydrogen-bond donors (Lipinski definition) is 1. The van der Waals surface area contributed by atoms with Gasteiger partial charge in [-0.1, -0.05) is 5.16 Å². The summed E-state index contributed by atoms with van der Waals surface area (Å²) in [7, 11) is 1.37. The summed E-state index contributed by atoms with van der Waals surface area (Å²) < 4.78 is 9.25. The third kappa shape index (κ3) is 3.53. The van der Waals surface area contributed by atoms with Crippen molar-refractivity contribution in [3.05, 3.63) is 11.7 Å². The Labute approximate surface area is 81.6 Å². The van der Waals surface area contributed by atoms with Crippen LogP contribution < -0.4 is 5.32 Å². The summed E-state index contributed by atoms with van der Waals surface area (Å²) in [6.45, 7) is 2.76. The number of carbonyl (C=O) groups is 1. The second-order valence-corrected chi connectivity index (χ2v) is 2.73. The van der Waals surface area contributed by atoms with Gasteiger partial charge in [0.2, 0.25) is 5.89 Å². The molecule has 0 aliphatic heterocycles. The van der Waals surface area contributed by atoms with Gasteiger partial charge in [0.1, 0.15) is 0 Å². The second kappa shape index (κ2) is 5.33. The van der Waals surface area contributed by atoms with Gasteiger partial charge in [-0.05, 0) is 0 Å². The van der Waals surface area contributed by atoms with Crippen molar-refractivity contribution in [1.29, 1.82) is 0 Å². The molecule has 0 amide bonds. The molecule has 1 aromatic rings. The maximum Gasteiger partial charge on any atom is 0.306 e. The lowest BCUT2D eigenvalue weighted by molar-refractivity contribution is -0.140. The highest BCUT2D eigenvalue weighted by Crippen LogP contribution is 1.93. The number of ether oxygens (including phenoxy) is 1. The second-order valence-electron chi connectivity index (χ2n) is 2.73. The minimum atomic E-state index is -0.234. The number of aromatic nitrogens is 2. The molecule has 6 nitrogen and oxygen atoms in total. The molecule has 1 N–H and O–H groups in total. The van der Waals surface area contributed by atoms with Gasteiger partial charge in [0.25, 0.3) is 0 Å². The molecule has 0 radical (unpaired) electrons. The third-order valence-electron chi connectivity index (χ3n) is 1.59. The smallest absolute Gasteiger partial charge is 0.306 e. The van der Waals surface area contributed by atoms with Gasteiger partial charge >= 0.3 is 5.97 Å². The van der Waals surface area contributed by atoms with Gasteiger partial charge in [0.15, 0.2) is 5.82 Å². The van der Waals surface area contributed by atoms with Crippen molar-refractivity contribution in [2.45, 2.75) is 19.9 Å². The van der Waals surface area contributed by atoms with E-state index in [0.29, 0.717) is 31.2 Å². The summed E-state index contributed by atoms with van der Waals surface area (Å²) in [4.78, 5) is 14.7. The summed E-state index contributed by atoms with van der Waals surface area (Å²) in [5, 5.41) is 6.68. The molecular weight excluding hydrogens is 186 g/mol. The normalized spacial score (nSPS) is 10.1. The molecule has 0 atom stereocenters. The Balaban J connectivity index is 2.13. The average Bonchev–Trinajstić information content (AvgIpc) is 2.58. The number of esters is 1. The molecule has 0 saturated heterocycles. The molecule has 0 unspecified atom stereocenters. The Hall–Kier alpha value is -1.43. The average molecular weight is 199 g/mol. The van der Waals surface area contributed by atoms with Crippen LogP contribution in [0.5, 0.6) is 0 Å². The molecule has 0 aliphatic rings. The molecule has 6 heteroatoms. The van der Waals surface area contributed by atoms with Crippen LogP contribution in [0.4, 0.5) is 0 Å². The third-order valence-corrected chi connectivity index (χ3v) is 1.59. The van der Waals surface area contributed by atoms with E-state index in [-0.39, 0.29) is 5.97 Å². The maximum absolute atomic E-state index is 10.7. The van der Waals surface area contributed by atoms with Crippen LogP contribution in [0.2, 0.25) is 0 Å². The lowest BCUT2D eigenvalue weighted by atomic mass is 10.4. The van der Waals surface area contributed by atoms with Crippen LogP contribution in [0.25, 0.3) is 0 Å². The predicted molar refractivity (Wildman–Crippen MR) is 47.4 cm³/mol. The van der Waals surface area contributed by atoms with E-state index in [1.54, 1.807) is 6.92 Å². The Bertz CT molecular complexity index is 298. The van der Waals surface area contributed by atoms with E-state index in [4.69, 9.17) is 4.52 Å². The largest absolute Gasteiger partial charge is 0.469 e. The van der Waals surface area contributed by atoms with Crippen LogP contribution >= 0.6 is 0 Å². The first-order valence-electron chi connectivity index (χ1n) is 4.29. The zero-order chi connectivity index (χ0) is 10.4. The van der Waals surface area contributed by atoms with Crippen molar-refractivity contribution >= 4 is 5.97 Å². The fraction of sp³-hybridized carbons (Fsp3) is 0.625. The van der Waals surface area contributed by atoms with Crippen LogP contribution in [0, 0.1) is 6.92 Å². The maximum atomic E-state index is 10.7. The monoisotopic (exact) mass is 199 g/mol. The standard InChI is InChI=1S/C8H13N3O3/c1-6-10-7(11-14-6)5-9-4-3-8(12)13-2/h9H,3-5H2,1-2H3. The number of carbonyl (C=O) groups excluding carboxylic acids is 1. The van der Waals surface area contributed by atoms with Crippen molar-refractivity contribution < 1.29 is 14.1 Å². The number of hydrogen-bond acceptors (Lipinski definition) is 6. The number of methoxy groups -OCH3 is 1. The zero-order valence-corrected chi connectivity index (χ0v) is 8.24. The molecule has 78 valence electrons. The van der Waals surface area contributed by atoms with Crippen LogP contribution in [-0.2, 0) is 16.1 Å². The Kier molecular flexibility index (Phi) is 4.06. The highest BCUT2D eigenvalue weighted by atomic mass is 16.5. The molecule has 1 heterocycles. The van der Waals surface area contributed by atoms with E-state index >= 15 is 0 Å². The first-order valence-corrected chi connectivity index (χ1v) is 4.29. The number of nitrogens with zero attached hydrogens (tertiary/aromatic N) is 2. The summed E-state index contributed by atoms with van der Waals surface area (Å²) >= 11 is 0. The Morgan fingerprint density at radius 1 is 1.64 bits per heavy atom. The minimum absolute atomic E-state index is 0.234. The van der Waals surface area contributed by atoms with Crippen molar-refractivity contribution in [2.75, 3.05) is 13.7 Å². The van der Waals surface area contributed by atoms with Gasteiger partial charge in [-0.2, -0.15) is 4.98 Å². The lowest BCUT2D eigenvalue weighted by Gasteiger charge is -1.99. The molecule has 0 saturated carbocycles. The summed E-state index contributed by atoms with van der Waals surface area (Å²) in [6, 6.07) is 0. The van der Waals surface area contributed by atoms with E-state index in [9.17, 15) is 4.79 Å². The number of aryl methyl sites for hydroxylation is 1. The van der Waals surface area contributed by atoms with E-state index in [2.05, 4.69) is 20.2 Å². The molecule has 0 bridgehead atoms. The van der Waals surface area contributed by atoms with E-state index in [1.807, 2.05) is 0 Å². The fourth-order valence-corrected chi connectivity index (χ4v) is 0.906. The van der Waals surface area contributed by atoms with Crippen molar-refractivity contribution in [1.82, 2.24) is 15.5 Å². The summed E-state index contributed by atoms with van der Waals surface area (Å²) in [5.41, 5.74) is 0. The first-order chi connectivity index (χ1) is 6.72. The molecule has 1 rings (SSSR count). The van der Waals surface area contributed by atoms with Crippen LogP contribution in [0.3, 0.4) is 0 Å². The van der Waals surface area contributed by atoms with Gasteiger partial charge < -0.3 is 14.6 Å². The lowest BCUT2D eigenvalue weighted by Crippen LogP contribution is -2.19. The highest BCUT2D eigenvalue weighted by molar-refractivity contribution is 5.69. The van der Waals surface area contributed by atoms with Crippen LogP contribution in [0.15, 0.2) is 4.52 Å². The van der Waals surface area contributed by atoms with Crippen molar-refractivity contribution in [3.8, 4) is 0 Å². The Morgan fingerprint density at radius 2 is 2.43 bits per heavy atom. The Morgan fingerprint density at radius 3 is 3.00 bits per heavy atom.